The van der Waals surface area contributed by atoms with Crippen LogP contribution in [0.2, 0.25) is 0 Å². The van der Waals surface area contributed by atoms with E-state index in [9.17, 15) is 0 Å². The van der Waals surface area contributed by atoms with Crippen LogP contribution in [0.4, 0.5) is 0 Å². The van der Waals surface area contributed by atoms with Gasteiger partial charge in [-0.05, 0) is 64.6 Å². The minimum Gasteiger partial charge on any atom is -0.295 e. The Morgan fingerprint density at radius 3 is 2.33 bits per heavy atom. The number of thioether (sulfide) groups is 1. The maximum atomic E-state index is 4.45. The van der Waals surface area contributed by atoms with E-state index in [1.807, 2.05) is 36.4 Å². The van der Waals surface area contributed by atoms with Crippen LogP contribution in [0, 0.1) is 3.57 Å². The molecule has 0 radical (unpaired) electrons. The summed E-state index contributed by atoms with van der Waals surface area (Å²) in [6.07, 6.45) is 3.58. The van der Waals surface area contributed by atoms with Gasteiger partial charge >= 0.3 is 0 Å². The summed E-state index contributed by atoms with van der Waals surface area (Å²) in [6.45, 7) is 0.606. The van der Waals surface area contributed by atoms with Crippen molar-refractivity contribution in [1.82, 2.24) is 24.7 Å². The van der Waals surface area contributed by atoms with Crippen molar-refractivity contribution in [2.75, 3.05) is 0 Å². The Hall–Kier alpha value is -2.26. The van der Waals surface area contributed by atoms with Crippen molar-refractivity contribution in [2.24, 2.45) is 0 Å². The van der Waals surface area contributed by atoms with Gasteiger partial charge in [-0.3, -0.25) is 14.5 Å². The lowest BCUT2D eigenvalue weighted by atomic mass is 10.2. The van der Waals surface area contributed by atoms with Gasteiger partial charge in [0.1, 0.15) is 5.69 Å². The third kappa shape index (κ3) is 4.54. The maximum Gasteiger partial charge on any atom is 0.192 e. The Balaban J connectivity index is 1.64. The number of rotatable bonds is 6. The number of halogens is 1. The number of nitrogens with zero attached hydrogens (tertiary/aromatic N) is 5. The number of benzene rings is 1. The minimum absolute atomic E-state index is 0.606. The molecular weight excluding hydrogens is 469 g/mol. The topological polar surface area (TPSA) is 56.5 Å². The molecule has 4 rings (SSSR count). The van der Waals surface area contributed by atoms with Gasteiger partial charge in [0.25, 0.3) is 0 Å². The molecule has 134 valence electrons. The third-order valence-electron chi connectivity index (χ3n) is 3.94. The first-order chi connectivity index (χ1) is 13.3. The van der Waals surface area contributed by atoms with E-state index < -0.39 is 0 Å². The molecule has 0 aliphatic carbocycles. The first-order valence-electron chi connectivity index (χ1n) is 8.41. The highest BCUT2D eigenvalue weighted by molar-refractivity contribution is 14.1. The molecular formula is C20H16IN5S. The quantitative estimate of drug-likeness (QED) is 0.293. The molecule has 0 aliphatic rings. The Kier molecular flexibility index (Phi) is 5.78. The molecule has 0 spiro atoms. The van der Waals surface area contributed by atoms with Crippen molar-refractivity contribution in [3.8, 4) is 11.5 Å². The van der Waals surface area contributed by atoms with Gasteiger partial charge in [0.2, 0.25) is 0 Å². The summed E-state index contributed by atoms with van der Waals surface area (Å²) in [6, 6.07) is 20.3. The molecule has 4 aromatic rings. The summed E-state index contributed by atoms with van der Waals surface area (Å²) in [7, 11) is 0. The SMILES string of the molecule is Ic1ccc(CSc2nnc(-c3ccccn3)n2Cc2ccccn2)cc1. The normalized spacial score (nSPS) is 10.9. The van der Waals surface area contributed by atoms with Crippen molar-refractivity contribution in [3.05, 3.63) is 87.9 Å². The van der Waals surface area contributed by atoms with Crippen molar-refractivity contribution in [1.29, 1.82) is 0 Å². The van der Waals surface area contributed by atoms with E-state index in [0.29, 0.717) is 6.54 Å². The molecule has 3 aromatic heterocycles. The van der Waals surface area contributed by atoms with E-state index in [0.717, 1.165) is 28.1 Å². The summed E-state index contributed by atoms with van der Waals surface area (Å²) < 4.78 is 3.32. The molecule has 0 unspecified atom stereocenters. The summed E-state index contributed by atoms with van der Waals surface area (Å²) in [4.78, 5) is 8.89. The molecule has 7 heteroatoms. The molecule has 0 bridgehead atoms. The molecule has 0 saturated heterocycles. The number of hydrogen-bond donors (Lipinski definition) is 0. The van der Waals surface area contributed by atoms with Crippen LogP contribution in [0.25, 0.3) is 11.5 Å². The summed E-state index contributed by atoms with van der Waals surface area (Å²) in [5, 5.41) is 9.70. The smallest absolute Gasteiger partial charge is 0.192 e. The molecule has 1 aromatic carbocycles. The Morgan fingerprint density at radius 2 is 1.63 bits per heavy atom. The van der Waals surface area contributed by atoms with Crippen molar-refractivity contribution < 1.29 is 0 Å². The molecule has 0 fully saturated rings. The van der Waals surface area contributed by atoms with Gasteiger partial charge in [-0.2, -0.15) is 0 Å². The van der Waals surface area contributed by atoms with Crippen molar-refractivity contribution in [3.63, 3.8) is 0 Å². The van der Waals surface area contributed by atoms with Crippen LogP contribution in [0.5, 0.6) is 0 Å². The zero-order valence-electron chi connectivity index (χ0n) is 14.4. The first-order valence-corrected chi connectivity index (χ1v) is 10.5. The van der Waals surface area contributed by atoms with Gasteiger partial charge in [0.15, 0.2) is 11.0 Å². The molecule has 0 N–H and O–H groups in total. The van der Waals surface area contributed by atoms with Crippen LogP contribution in [-0.4, -0.2) is 24.7 Å². The lowest BCUT2D eigenvalue weighted by Crippen LogP contribution is -2.06. The van der Waals surface area contributed by atoms with Crippen LogP contribution in [-0.2, 0) is 12.3 Å². The second-order valence-electron chi connectivity index (χ2n) is 5.84. The molecule has 0 atom stereocenters. The average Bonchev–Trinajstić information content (AvgIpc) is 3.11. The van der Waals surface area contributed by atoms with Crippen LogP contribution in [0.1, 0.15) is 11.3 Å². The van der Waals surface area contributed by atoms with E-state index >= 15 is 0 Å². The van der Waals surface area contributed by atoms with Crippen molar-refractivity contribution in [2.45, 2.75) is 17.5 Å². The monoisotopic (exact) mass is 485 g/mol. The van der Waals surface area contributed by atoms with Crippen LogP contribution in [0.3, 0.4) is 0 Å². The van der Waals surface area contributed by atoms with E-state index in [4.69, 9.17) is 0 Å². The van der Waals surface area contributed by atoms with E-state index in [1.165, 1.54) is 9.13 Å². The van der Waals surface area contributed by atoms with Gasteiger partial charge in [-0.15, -0.1) is 10.2 Å². The van der Waals surface area contributed by atoms with Gasteiger partial charge < -0.3 is 0 Å². The van der Waals surface area contributed by atoms with Gasteiger partial charge in [-0.1, -0.05) is 36.0 Å². The van der Waals surface area contributed by atoms with Gasteiger partial charge in [0, 0.05) is 21.7 Å². The molecule has 0 saturated carbocycles. The summed E-state index contributed by atoms with van der Waals surface area (Å²) in [5.41, 5.74) is 3.03. The van der Waals surface area contributed by atoms with Crippen molar-refractivity contribution >= 4 is 34.4 Å². The molecule has 3 heterocycles. The zero-order valence-corrected chi connectivity index (χ0v) is 17.3. The Bertz CT molecular complexity index is 1000. The summed E-state index contributed by atoms with van der Waals surface area (Å²) in [5.74, 6) is 1.59. The van der Waals surface area contributed by atoms with E-state index in [-0.39, 0.29) is 0 Å². The predicted molar refractivity (Wildman–Crippen MR) is 115 cm³/mol. The van der Waals surface area contributed by atoms with Crippen LogP contribution in [0.15, 0.2) is 78.2 Å². The maximum absolute atomic E-state index is 4.45. The summed E-state index contributed by atoms with van der Waals surface area (Å²) >= 11 is 3.99. The van der Waals surface area contributed by atoms with Crippen LogP contribution >= 0.6 is 34.4 Å². The molecule has 5 nitrogen and oxygen atoms in total. The largest absolute Gasteiger partial charge is 0.295 e. The minimum atomic E-state index is 0.606. The van der Waals surface area contributed by atoms with Gasteiger partial charge in [-0.25, -0.2) is 0 Å². The fourth-order valence-corrected chi connectivity index (χ4v) is 3.86. The fourth-order valence-electron chi connectivity index (χ4n) is 2.60. The average molecular weight is 485 g/mol. The highest BCUT2D eigenvalue weighted by atomic mass is 127. The lowest BCUT2D eigenvalue weighted by molar-refractivity contribution is 0.698. The standard InChI is InChI=1S/C20H16IN5S/c21-16-9-7-15(8-10-16)14-27-20-25-24-19(18-6-2-4-12-23-18)26(20)13-17-5-1-3-11-22-17/h1-12H,13-14H2. The second kappa shape index (κ2) is 8.62. The third-order valence-corrected chi connectivity index (χ3v) is 5.70. The Morgan fingerprint density at radius 1 is 0.852 bits per heavy atom. The van der Waals surface area contributed by atoms with E-state index in [1.54, 1.807) is 24.2 Å². The first kappa shape index (κ1) is 18.1. The second-order valence-corrected chi connectivity index (χ2v) is 8.03. The van der Waals surface area contributed by atoms with E-state index in [2.05, 4.69) is 71.6 Å². The predicted octanol–water partition coefficient (Wildman–Crippen LogP) is 4.68. The number of hydrogen-bond acceptors (Lipinski definition) is 5. The van der Waals surface area contributed by atoms with Crippen LogP contribution < -0.4 is 0 Å². The Labute approximate surface area is 175 Å². The number of aromatic nitrogens is 5. The molecule has 0 aliphatic heterocycles. The highest BCUT2D eigenvalue weighted by Crippen LogP contribution is 2.26. The molecule has 0 amide bonds. The molecule has 27 heavy (non-hydrogen) atoms. The fraction of sp³-hybridized carbons (Fsp3) is 0.100. The van der Waals surface area contributed by atoms with Gasteiger partial charge in [0.05, 0.1) is 12.2 Å². The lowest BCUT2D eigenvalue weighted by Gasteiger charge is -2.09. The highest BCUT2D eigenvalue weighted by Gasteiger charge is 2.16. The number of pyridine rings is 2. The zero-order chi connectivity index (χ0) is 18.5.